The van der Waals surface area contributed by atoms with Crippen LogP contribution in [0.2, 0.25) is 0 Å². The van der Waals surface area contributed by atoms with Crippen molar-refractivity contribution < 1.29 is 14.6 Å². The number of methoxy groups -OCH3 is 1. The second-order valence-corrected chi connectivity index (χ2v) is 5.75. The van der Waals surface area contributed by atoms with E-state index in [0.29, 0.717) is 0 Å². The first-order chi connectivity index (χ1) is 11.3. The molecule has 0 aliphatic carbocycles. The van der Waals surface area contributed by atoms with Crippen molar-refractivity contribution in [3.8, 4) is 11.5 Å². The number of nitrogens with one attached hydrogen (secondary N) is 1. The minimum Gasteiger partial charge on any atom is -0.497 e. The van der Waals surface area contributed by atoms with E-state index in [1.54, 1.807) is 7.11 Å². The van der Waals surface area contributed by atoms with Crippen molar-refractivity contribution in [3.05, 3.63) is 59.2 Å². The third-order valence-corrected chi connectivity index (χ3v) is 4.31. The number of fused-ring (bicyclic) bond motifs is 1. The van der Waals surface area contributed by atoms with E-state index in [2.05, 4.69) is 17.4 Å². The Morgan fingerprint density at radius 2 is 2.04 bits per heavy atom. The first-order valence-electron chi connectivity index (χ1n) is 8.03. The molecule has 1 aliphatic rings. The smallest absolute Gasteiger partial charge is 0.124 e. The standard InChI is InChI=1S/C19H23NO3/c1-22-16-8-9-19-17(11-16)18(7-4-10-23-19)20-12-14-5-2-3-6-15(14)13-21/h2-3,5-6,8-9,11,18,20-21H,4,7,10,12-13H2,1H3. The summed E-state index contributed by atoms with van der Waals surface area (Å²) in [5.41, 5.74) is 3.24. The first kappa shape index (κ1) is 15.8. The Balaban J connectivity index is 1.80. The predicted octanol–water partition coefficient (Wildman–Crippen LogP) is 3.19. The highest BCUT2D eigenvalue weighted by Gasteiger charge is 2.20. The normalized spacial score (nSPS) is 17.0. The average molecular weight is 313 g/mol. The number of rotatable bonds is 5. The van der Waals surface area contributed by atoms with Crippen molar-refractivity contribution in [2.24, 2.45) is 0 Å². The Hall–Kier alpha value is -2.04. The Morgan fingerprint density at radius 3 is 2.83 bits per heavy atom. The van der Waals surface area contributed by atoms with Crippen LogP contribution in [-0.2, 0) is 13.2 Å². The van der Waals surface area contributed by atoms with Crippen molar-refractivity contribution in [2.45, 2.75) is 32.0 Å². The van der Waals surface area contributed by atoms with Crippen LogP contribution in [0.4, 0.5) is 0 Å². The molecule has 0 spiro atoms. The monoisotopic (exact) mass is 313 g/mol. The van der Waals surface area contributed by atoms with Gasteiger partial charge in [0.1, 0.15) is 11.5 Å². The summed E-state index contributed by atoms with van der Waals surface area (Å²) in [4.78, 5) is 0. The number of ether oxygens (including phenoxy) is 2. The first-order valence-corrected chi connectivity index (χ1v) is 8.03. The van der Waals surface area contributed by atoms with Gasteiger partial charge in [-0.05, 0) is 42.2 Å². The molecule has 4 nitrogen and oxygen atoms in total. The van der Waals surface area contributed by atoms with Crippen LogP contribution in [0.1, 0.15) is 35.6 Å². The topological polar surface area (TPSA) is 50.7 Å². The molecule has 0 aromatic heterocycles. The molecule has 0 fully saturated rings. The number of aliphatic hydroxyl groups is 1. The van der Waals surface area contributed by atoms with Gasteiger partial charge in [0.2, 0.25) is 0 Å². The molecule has 1 atom stereocenters. The summed E-state index contributed by atoms with van der Waals surface area (Å²) >= 11 is 0. The van der Waals surface area contributed by atoms with Gasteiger partial charge in [-0.2, -0.15) is 0 Å². The van der Waals surface area contributed by atoms with Crippen molar-refractivity contribution in [2.75, 3.05) is 13.7 Å². The summed E-state index contributed by atoms with van der Waals surface area (Å²) in [6.45, 7) is 1.53. The molecule has 122 valence electrons. The van der Waals surface area contributed by atoms with E-state index < -0.39 is 0 Å². The summed E-state index contributed by atoms with van der Waals surface area (Å²) in [6, 6.07) is 14.2. The van der Waals surface area contributed by atoms with Crippen LogP contribution in [0.5, 0.6) is 11.5 Å². The molecule has 0 radical (unpaired) electrons. The zero-order valence-corrected chi connectivity index (χ0v) is 13.4. The Kier molecular flexibility index (Phi) is 5.16. The third-order valence-electron chi connectivity index (χ3n) is 4.31. The van der Waals surface area contributed by atoms with E-state index in [1.807, 2.05) is 30.3 Å². The summed E-state index contributed by atoms with van der Waals surface area (Å²) < 4.78 is 11.2. The summed E-state index contributed by atoms with van der Waals surface area (Å²) in [7, 11) is 1.68. The van der Waals surface area contributed by atoms with Crippen LogP contribution >= 0.6 is 0 Å². The van der Waals surface area contributed by atoms with Gasteiger partial charge in [0.25, 0.3) is 0 Å². The minimum absolute atomic E-state index is 0.0655. The fourth-order valence-corrected chi connectivity index (χ4v) is 3.01. The van der Waals surface area contributed by atoms with E-state index in [4.69, 9.17) is 9.47 Å². The van der Waals surface area contributed by atoms with Crippen molar-refractivity contribution in [1.29, 1.82) is 0 Å². The summed E-state index contributed by atoms with van der Waals surface area (Å²) in [5.74, 6) is 1.77. The SMILES string of the molecule is COc1ccc2c(c1)C(NCc1ccccc1CO)CCCO2. The van der Waals surface area contributed by atoms with E-state index in [0.717, 1.165) is 54.2 Å². The van der Waals surface area contributed by atoms with Gasteiger partial charge in [-0.25, -0.2) is 0 Å². The molecule has 23 heavy (non-hydrogen) atoms. The Labute approximate surface area is 137 Å². The second kappa shape index (κ2) is 7.49. The molecule has 2 N–H and O–H groups in total. The van der Waals surface area contributed by atoms with Crippen LogP contribution in [0.3, 0.4) is 0 Å². The number of benzene rings is 2. The van der Waals surface area contributed by atoms with Gasteiger partial charge in [-0.3, -0.25) is 0 Å². The molecule has 0 bridgehead atoms. The van der Waals surface area contributed by atoms with Crippen molar-refractivity contribution >= 4 is 0 Å². The maximum Gasteiger partial charge on any atom is 0.124 e. The molecule has 1 aliphatic heterocycles. The van der Waals surface area contributed by atoms with Crippen LogP contribution in [-0.4, -0.2) is 18.8 Å². The minimum atomic E-state index is 0.0655. The number of aliphatic hydroxyl groups excluding tert-OH is 1. The number of hydrogen-bond acceptors (Lipinski definition) is 4. The zero-order valence-electron chi connectivity index (χ0n) is 13.4. The molecule has 3 rings (SSSR count). The van der Waals surface area contributed by atoms with Crippen molar-refractivity contribution in [1.82, 2.24) is 5.32 Å². The Morgan fingerprint density at radius 1 is 1.22 bits per heavy atom. The van der Waals surface area contributed by atoms with Gasteiger partial charge in [0.05, 0.1) is 20.3 Å². The lowest BCUT2D eigenvalue weighted by Crippen LogP contribution is -2.21. The lowest BCUT2D eigenvalue weighted by molar-refractivity contribution is 0.280. The van der Waals surface area contributed by atoms with E-state index in [-0.39, 0.29) is 12.6 Å². The lowest BCUT2D eigenvalue weighted by atomic mass is 10.0. The molecule has 0 saturated heterocycles. The quantitative estimate of drug-likeness (QED) is 0.890. The van der Waals surface area contributed by atoms with Gasteiger partial charge < -0.3 is 19.9 Å². The largest absolute Gasteiger partial charge is 0.497 e. The maximum absolute atomic E-state index is 9.46. The van der Waals surface area contributed by atoms with Crippen molar-refractivity contribution in [3.63, 3.8) is 0 Å². The van der Waals surface area contributed by atoms with E-state index in [9.17, 15) is 5.11 Å². The second-order valence-electron chi connectivity index (χ2n) is 5.75. The van der Waals surface area contributed by atoms with E-state index in [1.165, 1.54) is 0 Å². The maximum atomic E-state index is 9.46. The molecule has 1 unspecified atom stereocenters. The van der Waals surface area contributed by atoms with E-state index >= 15 is 0 Å². The highest BCUT2D eigenvalue weighted by atomic mass is 16.5. The van der Waals surface area contributed by atoms with Crippen LogP contribution < -0.4 is 14.8 Å². The van der Waals surface area contributed by atoms with Gasteiger partial charge >= 0.3 is 0 Å². The van der Waals surface area contributed by atoms with Gasteiger partial charge in [-0.15, -0.1) is 0 Å². The third kappa shape index (κ3) is 3.66. The van der Waals surface area contributed by atoms with Gasteiger partial charge in [0.15, 0.2) is 0 Å². The van der Waals surface area contributed by atoms with Gasteiger partial charge in [0, 0.05) is 18.2 Å². The highest BCUT2D eigenvalue weighted by Crippen LogP contribution is 2.34. The predicted molar refractivity (Wildman–Crippen MR) is 89.7 cm³/mol. The Bertz CT molecular complexity index is 657. The molecule has 0 saturated carbocycles. The molecule has 0 amide bonds. The highest BCUT2D eigenvalue weighted by molar-refractivity contribution is 5.43. The summed E-state index contributed by atoms with van der Waals surface area (Å²) in [6.07, 6.45) is 2.03. The molecular weight excluding hydrogens is 290 g/mol. The average Bonchev–Trinajstić information content (AvgIpc) is 2.81. The number of hydrogen-bond donors (Lipinski definition) is 2. The molecule has 2 aromatic carbocycles. The molecule has 2 aromatic rings. The molecule has 1 heterocycles. The van der Waals surface area contributed by atoms with Gasteiger partial charge in [-0.1, -0.05) is 24.3 Å². The summed E-state index contributed by atoms with van der Waals surface area (Å²) in [5, 5.41) is 13.1. The van der Waals surface area contributed by atoms with Crippen LogP contribution in [0, 0.1) is 0 Å². The zero-order chi connectivity index (χ0) is 16.1. The van der Waals surface area contributed by atoms with Crippen LogP contribution in [0.25, 0.3) is 0 Å². The fraction of sp³-hybridized carbons (Fsp3) is 0.368. The molecular formula is C19H23NO3. The lowest BCUT2D eigenvalue weighted by Gasteiger charge is -2.20. The molecule has 4 heteroatoms. The fourth-order valence-electron chi connectivity index (χ4n) is 3.01. The van der Waals surface area contributed by atoms with Crippen LogP contribution in [0.15, 0.2) is 42.5 Å².